The van der Waals surface area contributed by atoms with Crippen molar-refractivity contribution in [3.05, 3.63) is 41.5 Å². The van der Waals surface area contributed by atoms with E-state index in [1.54, 1.807) is 6.07 Å². The molecule has 0 saturated carbocycles. The summed E-state index contributed by atoms with van der Waals surface area (Å²) in [5.41, 5.74) is 1.85. The Hall–Kier alpha value is -1.43. The molecule has 0 bridgehead atoms. The summed E-state index contributed by atoms with van der Waals surface area (Å²) in [7, 11) is -4.27. The maximum Gasteiger partial charge on any atom is 0.295 e. The quantitative estimate of drug-likeness (QED) is 0.641. The molecule has 2 rings (SSSR count). The third kappa shape index (κ3) is 5.53. The molecule has 4 nitrogen and oxygen atoms in total. The van der Waals surface area contributed by atoms with Gasteiger partial charge in [0.15, 0.2) is 0 Å². The highest BCUT2D eigenvalue weighted by molar-refractivity contribution is 7.86. The SMILES string of the molecule is CC(C)CCc1cc2ccccc2c(S(=O)(=O)O)c1CCC(C)C.N. The molecule has 0 unspecified atom stereocenters. The van der Waals surface area contributed by atoms with Gasteiger partial charge in [-0.1, -0.05) is 58.0 Å². The van der Waals surface area contributed by atoms with Gasteiger partial charge in [0.1, 0.15) is 4.90 Å². The van der Waals surface area contributed by atoms with Crippen molar-refractivity contribution in [3.63, 3.8) is 0 Å². The third-order valence-corrected chi connectivity index (χ3v) is 5.40. The lowest BCUT2D eigenvalue weighted by atomic mass is 9.91. The van der Waals surface area contributed by atoms with Gasteiger partial charge in [0.25, 0.3) is 10.1 Å². The Morgan fingerprint density at radius 1 is 0.960 bits per heavy atom. The zero-order chi connectivity index (χ0) is 17.9. The van der Waals surface area contributed by atoms with Gasteiger partial charge < -0.3 is 6.15 Å². The van der Waals surface area contributed by atoms with Crippen molar-refractivity contribution in [2.24, 2.45) is 11.8 Å². The summed E-state index contributed by atoms with van der Waals surface area (Å²) >= 11 is 0. The van der Waals surface area contributed by atoms with Gasteiger partial charge in [-0.2, -0.15) is 8.42 Å². The Labute approximate surface area is 152 Å². The molecule has 0 aliphatic rings. The number of benzene rings is 2. The fraction of sp³-hybridized carbons (Fsp3) is 0.500. The summed E-state index contributed by atoms with van der Waals surface area (Å²) in [5.74, 6) is 1.02. The Morgan fingerprint density at radius 2 is 1.52 bits per heavy atom. The second-order valence-corrected chi connectivity index (χ2v) is 8.76. The summed E-state index contributed by atoms with van der Waals surface area (Å²) in [4.78, 5) is 0.111. The maximum absolute atomic E-state index is 12.2. The molecule has 140 valence electrons. The van der Waals surface area contributed by atoms with Crippen molar-refractivity contribution < 1.29 is 13.0 Å². The number of hydrogen-bond donors (Lipinski definition) is 2. The van der Waals surface area contributed by atoms with Gasteiger partial charge in [-0.05, 0) is 54.0 Å². The van der Waals surface area contributed by atoms with E-state index >= 15 is 0 Å². The molecule has 25 heavy (non-hydrogen) atoms. The summed E-state index contributed by atoms with van der Waals surface area (Å²) in [6.45, 7) is 8.58. The molecular weight excluding hydrogens is 334 g/mol. The van der Waals surface area contributed by atoms with Crippen LogP contribution in [0.5, 0.6) is 0 Å². The van der Waals surface area contributed by atoms with Crippen molar-refractivity contribution in [1.82, 2.24) is 6.15 Å². The van der Waals surface area contributed by atoms with Crippen LogP contribution < -0.4 is 6.15 Å². The molecule has 0 radical (unpaired) electrons. The van der Waals surface area contributed by atoms with Crippen LogP contribution in [0.25, 0.3) is 10.8 Å². The first-order chi connectivity index (χ1) is 11.2. The zero-order valence-electron chi connectivity index (χ0n) is 15.7. The zero-order valence-corrected chi connectivity index (χ0v) is 16.6. The van der Waals surface area contributed by atoms with Crippen LogP contribution in [0.4, 0.5) is 0 Å². The lowest BCUT2D eigenvalue weighted by molar-refractivity contribution is 0.481. The van der Waals surface area contributed by atoms with Crippen LogP contribution in [0.2, 0.25) is 0 Å². The monoisotopic (exact) mass is 365 g/mol. The van der Waals surface area contributed by atoms with Crippen molar-refractivity contribution in [2.45, 2.75) is 58.3 Å². The largest absolute Gasteiger partial charge is 0.344 e. The molecule has 5 heteroatoms. The number of rotatable bonds is 7. The van der Waals surface area contributed by atoms with E-state index in [2.05, 4.69) is 33.8 Å². The molecule has 0 spiro atoms. The van der Waals surface area contributed by atoms with Gasteiger partial charge in [0.2, 0.25) is 0 Å². The van der Waals surface area contributed by atoms with E-state index in [1.165, 1.54) is 0 Å². The number of hydrogen-bond acceptors (Lipinski definition) is 3. The van der Waals surface area contributed by atoms with Gasteiger partial charge in [-0.15, -0.1) is 0 Å². The molecule has 2 aromatic rings. The molecule has 0 amide bonds. The van der Waals surface area contributed by atoms with Crippen LogP contribution in [-0.4, -0.2) is 13.0 Å². The summed E-state index contributed by atoms with van der Waals surface area (Å²) in [6.07, 6.45) is 3.40. The van der Waals surface area contributed by atoms with Crippen molar-refractivity contribution >= 4 is 20.9 Å². The fourth-order valence-corrected chi connectivity index (χ4v) is 4.09. The molecule has 0 atom stereocenters. The first-order valence-corrected chi connectivity index (χ1v) is 10.1. The van der Waals surface area contributed by atoms with E-state index in [1.807, 2.05) is 18.2 Å². The first-order valence-electron chi connectivity index (χ1n) is 8.71. The number of fused-ring (bicyclic) bond motifs is 1. The van der Waals surface area contributed by atoms with E-state index in [9.17, 15) is 13.0 Å². The first kappa shape index (κ1) is 21.6. The second-order valence-electron chi connectivity index (χ2n) is 7.40. The second kappa shape index (κ2) is 8.79. The normalized spacial score (nSPS) is 12.0. The molecule has 0 aliphatic carbocycles. The van der Waals surface area contributed by atoms with Crippen molar-refractivity contribution in [3.8, 4) is 0 Å². The highest BCUT2D eigenvalue weighted by Gasteiger charge is 2.22. The Kier molecular flexibility index (Phi) is 7.60. The van der Waals surface area contributed by atoms with Crippen LogP contribution in [0.15, 0.2) is 35.2 Å². The minimum absolute atomic E-state index is 0. The Bertz CT molecular complexity index is 811. The molecule has 0 heterocycles. The van der Waals surface area contributed by atoms with E-state index in [4.69, 9.17) is 0 Å². The highest BCUT2D eigenvalue weighted by Crippen LogP contribution is 2.32. The van der Waals surface area contributed by atoms with E-state index in [0.29, 0.717) is 23.6 Å². The van der Waals surface area contributed by atoms with E-state index in [0.717, 1.165) is 35.8 Å². The topological polar surface area (TPSA) is 89.4 Å². The molecule has 0 fully saturated rings. The molecule has 0 saturated heterocycles. The smallest absolute Gasteiger partial charge is 0.295 e. The van der Waals surface area contributed by atoms with Crippen molar-refractivity contribution in [2.75, 3.05) is 0 Å². The molecular formula is C20H31NO3S. The van der Waals surface area contributed by atoms with Crippen LogP contribution in [-0.2, 0) is 23.0 Å². The summed E-state index contributed by atoms with van der Waals surface area (Å²) in [5, 5.41) is 1.49. The lowest BCUT2D eigenvalue weighted by Gasteiger charge is -2.18. The van der Waals surface area contributed by atoms with Gasteiger partial charge in [0.05, 0.1) is 0 Å². The van der Waals surface area contributed by atoms with Gasteiger partial charge in [-0.3, -0.25) is 4.55 Å². The number of aryl methyl sites for hydroxylation is 1. The van der Waals surface area contributed by atoms with E-state index in [-0.39, 0.29) is 11.0 Å². The van der Waals surface area contributed by atoms with Crippen LogP contribution in [0.3, 0.4) is 0 Å². The van der Waals surface area contributed by atoms with Gasteiger partial charge in [0, 0.05) is 5.39 Å². The minimum Gasteiger partial charge on any atom is -0.344 e. The van der Waals surface area contributed by atoms with Gasteiger partial charge >= 0.3 is 0 Å². The predicted molar refractivity (Wildman–Crippen MR) is 105 cm³/mol. The van der Waals surface area contributed by atoms with Crippen LogP contribution >= 0.6 is 0 Å². The average Bonchev–Trinajstić information content (AvgIpc) is 2.48. The maximum atomic E-state index is 12.2. The van der Waals surface area contributed by atoms with Gasteiger partial charge in [-0.25, -0.2) is 0 Å². The summed E-state index contributed by atoms with van der Waals surface area (Å²) in [6, 6.07) is 9.51. The summed E-state index contributed by atoms with van der Waals surface area (Å²) < 4.78 is 34.2. The molecule has 2 aromatic carbocycles. The van der Waals surface area contributed by atoms with E-state index < -0.39 is 10.1 Å². The Balaban J connectivity index is 0.00000312. The Morgan fingerprint density at radius 3 is 2.08 bits per heavy atom. The standard InChI is InChI=1S/C20H28O3S.H3N/c1-14(2)9-11-17-13-16-7-5-6-8-18(16)20(24(21,22)23)19(17)12-10-15(3)4;/h5-8,13-15H,9-12H2,1-4H3,(H,21,22,23);1H3. The van der Waals surface area contributed by atoms with Crippen molar-refractivity contribution in [1.29, 1.82) is 0 Å². The lowest BCUT2D eigenvalue weighted by Crippen LogP contribution is -2.09. The molecule has 0 aromatic heterocycles. The molecule has 0 aliphatic heterocycles. The average molecular weight is 366 g/mol. The fourth-order valence-electron chi connectivity index (χ4n) is 3.08. The molecule has 4 N–H and O–H groups in total. The van der Waals surface area contributed by atoms with Crippen LogP contribution in [0.1, 0.15) is 51.7 Å². The predicted octanol–water partition coefficient (Wildman–Crippen LogP) is 5.43. The van der Waals surface area contributed by atoms with Crippen LogP contribution in [0, 0.1) is 11.8 Å². The third-order valence-electron chi connectivity index (χ3n) is 4.42. The minimum atomic E-state index is -4.27. The highest BCUT2D eigenvalue weighted by atomic mass is 32.2.